The number of hydrogen-bond donors (Lipinski definition) is 3. The molecule has 0 aliphatic carbocycles. The molecule has 0 saturated heterocycles. The van der Waals surface area contributed by atoms with Crippen molar-refractivity contribution >= 4 is 11.7 Å². The van der Waals surface area contributed by atoms with Crippen LogP contribution in [0.4, 0.5) is 5.82 Å². The van der Waals surface area contributed by atoms with Crippen LogP contribution in [0.2, 0.25) is 0 Å². The lowest BCUT2D eigenvalue weighted by Gasteiger charge is -2.08. The molecule has 0 aliphatic heterocycles. The van der Waals surface area contributed by atoms with Crippen LogP contribution in [0.25, 0.3) is 0 Å². The van der Waals surface area contributed by atoms with Crippen molar-refractivity contribution in [3.05, 3.63) is 83.0 Å². The highest BCUT2D eigenvalue weighted by atomic mass is 16.5. The molecule has 7 nitrogen and oxygen atoms in total. The molecule has 1 heterocycles. The largest absolute Gasteiger partial charge is 0.459 e. The maximum atomic E-state index is 12.2. The number of benzene rings is 2. The van der Waals surface area contributed by atoms with Gasteiger partial charge in [0.2, 0.25) is 0 Å². The number of amides is 1. The highest BCUT2D eigenvalue weighted by Gasteiger charge is 2.05. The first-order valence-electron chi connectivity index (χ1n) is 8.50. The molecule has 2 aromatic carbocycles. The van der Waals surface area contributed by atoms with Crippen LogP contribution in [0.5, 0.6) is 6.01 Å². The van der Waals surface area contributed by atoms with E-state index in [2.05, 4.69) is 15.3 Å². The van der Waals surface area contributed by atoms with E-state index in [1.807, 2.05) is 36.4 Å². The van der Waals surface area contributed by atoms with Crippen molar-refractivity contribution in [3.8, 4) is 6.01 Å². The van der Waals surface area contributed by atoms with Gasteiger partial charge >= 0.3 is 6.01 Å². The molecule has 3 rings (SSSR count). The number of ether oxygens (including phenoxy) is 1. The zero-order chi connectivity index (χ0) is 19.1. The molecule has 0 fully saturated rings. The van der Waals surface area contributed by atoms with E-state index in [1.165, 1.54) is 0 Å². The number of carbonyl (C=O) groups excluding carboxylic acids is 1. The van der Waals surface area contributed by atoms with E-state index in [0.717, 1.165) is 16.7 Å². The number of anilines is 1. The molecule has 0 unspecified atom stereocenters. The Labute approximate surface area is 157 Å². The van der Waals surface area contributed by atoms with Crippen LogP contribution in [0.1, 0.15) is 27.0 Å². The predicted molar refractivity (Wildman–Crippen MR) is 103 cm³/mol. The van der Waals surface area contributed by atoms with E-state index in [-0.39, 0.29) is 11.9 Å². The summed E-state index contributed by atoms with van der Waals surface area (Å²) in [5, 5.41) is 2.90. The lowest BCUT2D eigenvalue weighted by Crippen LogP contribution is -2.22. The average Bonchev–Trinajstić information content (AvgIpc) is 2.71. The molecule has 138 valence electrons. The summed E-state index contributed by atoms with van der Waals surface area (Å²) in [4.78, 5) is 20.2. The summed E-state index contributed by atoms with van der Waals surface area (Å²) in [7, 11) is 0. The fourth-order valence-electron chi connectivity index (χ4n) is 2.40. The highest BCUT2D eigenvalue weighted by Crippen LogP contribution is 2.10. The molecule has 7 heteroatoms. The summed E-state index contributed by atoms with van der Waals surface area (Å²) in [6.07, 6.45) is 1.55. The van der Waals surface area contributed by atoms with Crippen molar-refractivity contribution in [2.24, 2.45) is 5.73 Å². The monoisotopic (exact) mass is 363 g/mol. The van der Waals surface area contributed by atoms with Crippen molar-refractivity contribution in [1.29, 1.82) is 0 Å². The molecule has 0 atom stereocenters. The Bertz CT molecular complexity index is 895. The second-order valence-corrected chi connectivity index (χ2v) is 5.95. The molecule has 0 aliphatic rings. The molecule has 27 heavy (non-hydrogen) atoms. The van der Waals surface area contributed by atoms with E-state index in [1.54, 1.807) is 24.4 Å². The number of aromatic nitrogens is 2. The Morgan fingerprint density at radius 3 is 2.30 bits per heavy atom. The quantitative estimate of drug-likeness (QED) is 0.591. The summed E-state index contributed by atoms with van der Waals surface area (Å²) in [6.45, 7) is 1.24. The fraction of sp³-hybridized carbons (Fsp3) is 0.150. The first kappa shape index (κ1) is 18.3. The number of nitrogens with zero attached hydrogens (tertiary/aromatic N) is 2. The highest BCUT2D eigenvalue weighted by molar-refractivity contribution is 5.94. The average molecular weight is 363 g/mol. The molecular formula is C20H21N5O2. The third-order valence-corrected chi connectivity index (χ3v) is 3.95. The molecule has 5 N–H and O–H groups in total. The molecule has 3 aromatic rings. The van der Waals surface area contributed by atoms with Crippen LogP contribution in [0.15, 0.2) is 60.8 Å². The van der Waals surface area contributed by atoms with Gasteiger partial charge in [-0.1, -0.05) is 36.4 Å². The summed E-state index contributed by atoms with van der Waals surface area (Å²) in [5.41, 5.74) is 14.7. The van der Waals surface area contributed by atoms with Gasteiger partial charge < -0.3 is 21.5 Å². The van der Waals surface area contributed by atoms with Gasteiger partial charge in [0.05, 0.1) is 0 Å². The van der Waals surface area contributed by atoms with E-state index >= 15 is 0 Å². The van der Waals surface area contributed by atoms with Crippen LogP contribution >= 0.6 is 0 Å². The van der Waals surface area contributed by atoms with Crippen LogP contribution in [0, 0.1) is 0 Å². The number of nitrogens with one attached hydrogen (secondary N) is 1. The molecule has 1 amide bonds. The molecule has 0 saturated carbocycles. The topological polar surface area (TPSA) is 116 Å². The third-order valence-electron chi connectivity index (χ3n) is 3.95. The van der Waals surface area contributed by atoms with Crippen molar-refractivity contribution in [3.63, 3.8) is 0 Å². The number of nitrogens with two attached hydrogens (primary N) is 2. The van der Waals surface area contributed by atoms with Gasteiger partial charge in [0.15, 0.2) is 0 Å². The summed E-state index contributed by atoms with van der Waals surface area (Å²) in [6, 6.07) is 16.9. The Morgan fingerprint density at radius 2 is 1.63 bits per heavy atom. The zero-order valence-corrected chi connectivity index (χ0v) is 14.8. The van der Waals surface area contributed by atoms with E-state index in [9.17, 15) is 4.79 Å². The number of carbonyl (C=O) groups is 1. The maximum Gasteiger partial charge on any atom is 0.318 e. The van der Waals surface area contributed by atoms with Crippen LogP contribution in [-0.4, -0.2) is 15.9 Å². The van der Waals surface area contributed by atoms with Gasteiger partial charge in [0.1, 0.15) is 12.4 Å². The minimum atomic E-state index is -0.121. The smallest absolute Gasteiger partial charge is 0.318 e. The van der Waals surface area contributed by atoms with Gasteiger partial charge in [-0.25, -0.2) is 4.98 Å². The van der Waals surface area contributed by atoms with Crippen LogP contribution in [-0.2, 0) is 19.7 Å². The first-order valence-corrected chi connectivity index (χ1v) is 8.50. The lowest BCUT2D eigenvalue weighted by atomic mass is 10.1. The zero-order valence-electron chi connectivity index (χ0n) is 14.8. The summed E-state index contributed by atoms with van der Waals surface area (Å²) < 4.78 is 5.51. The van der Waals surface area contributed by atoms with Gasteiger partial charge in [0.25, 0.3) is 5.91 Å². The lowest BCUT2D eigenvalue weighted by molar-refractivity contribution is 0.0951. The maximum absolute atomic E-state index is 12.2. The summed E-state index contributed by atoms with van der Waals surface area (Å²) in [5.74, 6) is 0.244. The number of hydrogen-bond acceptors (Lipinski definition) is 6. The summed E-state index contributed by atoms with van der Waals surface area (Å²) >= 11 is 0. The van der Waals surface area contributed by atoms with Gasteiger partial charge in [-0.2, -0.15) is 4.98 Å². The second-order valence-electron chi connectivity index (χ2n) is 5.95. The molecular weight excluding hydrogens is 342 g/mol. The van der Waals surface area contributed by atoms with Gasteiger partial charge in [-0.3, -0.25) is 4.79 Å². The molecule has 0 bridgehead atoms. The Hall–Kier alpha value is -3.45. The Kier molecular flexibility index (Phi) is 5.96. The Balaban J connectivity index is 1.50. The third kappa shape index (κ3) is 5.26. The SMILES string of the molecule is NCc1ccc(C(=O)NCc2ccc(COc3nccc(N)n3)cc2)cc1. The predicted octanol–water partition coefficient (Wildman–Crippen LogP) is 2.03. The normalized spacial score (nSPS) is 10.4. The fourth-order valence-corrected chi connectivity index (χ4v) is 2.40. The number of rotatable bonds is 7. The van der Waals surface area contributed by atoms with Crippen molar-refractivity contribution < 1.29 is 9.53 Å². The molecule has 0 spiro atoms. The van der Waals surface area contributed by atoms with E-state index in [4.69, 9.17) is 16.2 Å². The van der Waals surface area contributed by atoms with E-state index in [0.29, 0.717) is 31.1 Å². The number of nitrogen functional groups attached to an aromatic ring is 1. The van der Waals surface area contributed by atoms with Crippen molar-refractivity contribution in [2.45, 2.75) is 19.7 Å². The molecule has 1 aromatic heterocycles. The first-order chi connectivity index (χ1) is 13.1. The van der Waals surface area contributed by atoms with E-state index < -0.39 is 0 Å². The minimum Gasteiger partial charge on any atom is -0.459 e. The van der Waals surface area contributed by atoms with Gasteiger partial charge in [-0.15, -0.1) is 0 Å². The molecule has 0 radical (unpaired) electrons. The van der Waals surface area contributed by atoms with Crippen LogP contribution in [0.3, 0.4) is 0 Å². The standard InChI is InChI=1S/C20H21N5O2/c21-11-14-5-7-17(8-6-14)19(26)24-12-15-1-3-16(4-2-15)13-27-20-23-10-9-18(22)25-20/h1-10H,11-13,21H2,(H,24,26)(H2,22,23,25). The van der Waals surface area contributed by atoms with Crippen molar-refractivity contribution in [2.75, 3.05) is 5.73 Å². The minimum absolute atomic E-state index is 0.121. The van der Waals surface area contributed by atoms with Crippen LogP contribution < -0.4 is 21.5 Å². The van der Waals surface area contributed by atoms with Gasteiger partial charge in [0, 0.05) is 24.8 Å². The Morgan fingerprint density at radius 1 is 0.963 bits per heavy atom. The second kappa shape index (κ2) is 8.77. The van der Waals surface area contributed by atoms with Gasteiger partial charge in [-0.05, 0) is 34.9 Å². The van der Waals surface area contributed by atoms with Crippen molar-refractivity contribution in [1.82, 2.24) is 15.3 Å².